The van der Waals surface area contributed by atoms with Crippen LogP contribution in [0.25, 0.3) is 0 Å². The van der Waals surface area contributed by atoms with Crippen LogP contribution < -0.4 is 9.47 Å². The van der Waals surface area contributed by atoms with Gasteiger partial charge in [-0.3, -0.25) is 0 Å². The number of aromatic nitrogens is 1. The van der Waals surface area contributed by atoms with Crippen molar-refractivity contribution < 1.29 is 27.4 Å². The maximum atomic E-state index is 12.6. The summed E-state index contributed by atoms with van der Waals surface area (Å²) in [5.74, 6) is 0.585. The first-order valence-corrected chi connectivity index (χ1v) is 8.97. The van der Waals surface area contributed by atoms with Crippen LogP contribution >= 0.6 is 0 Å². The summed E-state index contributed by atoms with van der Waals surface area (Å²) < 4.78 is 42.4. The lowest BCUT2D eigenvalue weighted by Crippen LogP contribution is -2.41. The van der Waals surface area contributed by atoms with Gasteiger partial charge in [-0.2, -0.15) is 4.31 Å². The van der Waals surface area contributed by atoms with Gasteiger partial charge >= 0.3 is 5.97 Å². The average molecular weight is 366 g/mol. The van der Waals surface area contributed by atoms with Crippen LogP contribution in [0, 0.1) is 0 Å². The first-order chi connectivity index (χ1) is 11.9. The molecule has 0 spiro atoms. The Kier molecular flexibility index (Phi) is 4.69. The molecule has 1 atom stereocenters. The van der Waals surface area contributed by atoms with Crippen LogP contribution in [0.4, 0.5) is 0 Å². The van der Waals surface area contributed by atoms with E-state index in [-0.39, 0.29) is 23.7 Å². The molecular formula is C16H18N2O6S. The van der Waals surface area contributed by atoms with Crippen molar-refractivity contribution >= 4 is 16.0 Å². The smallest absolute Gasteiger partial charge is 0.354 e. The number of para-hydroxylation sites is 2. The van der Waals surface area contributed by atoms with Crippen LogP contribution in [-0.4, -0.2) is 57.1 Å². The Bertz CT molecular complexity index is 876. The van der Waals surface area contributed by atoms with Crippen molar-refractivity contribution in [2.45, 2.75) is 11.0 Å². The minimum absolute atomic E-state index is 0.0208. The van der Waals surface area contributed by atoms with E-state index < -0.39 is 22.1 Å². The summed E-state index contributed by atoms with van der Waals surface area (Å²) in [6, 6.07) is 8.46. The molecule has 2 aromatic rings. The predicted molar refractivity (Wildman–Crippen MR) is 88.3 cm³/mol. The van der Waals surface area contributed by atoms with Gasteiger partial charge in [-0.25, -0.2) is 13.2 Å². The van der Waals surface area contributed by atoms with Crippen LogP contribution in [0.5, 0.6) is 11.5 Å². The van der Waals surface area contributed by atoms with Gasteiger partial charge in [0.15, 0.2) is 11.5 Å². The number of fused-ring (bicyclic) bond motifs is 1. The number of carbonyl (C=O) groups is 1. The number of esters is 1. The molecule has 0 aliphatic carbocycles. The summed E-state index contributed by atoms with van der Waals surface area (Å²) in [7, 11) is -1.11. The third-order valence-corrected chi connectivity index (χ3v) is 5.60. The first kappa shape index (κ1) is 17.3. The standard InChI is InChI=1S/C16H18N2O6S/c1-18(9-11-10-23-14-5-3-4-6-15(14)24-11)25(20,21)12-7-13(17-8-12)16(19)22-2/h3-8,11,17H,9-10H2,1-2H3/t11-/m1/s1. The molecule has 0 radical (unpaired) electrons. The molecule has 0 saturated heterocycles. The van der Waals surface area contributed by atoms with Gasteiger partial charge < -0.3 is 19.2 Å². The summed E-state index contributed by atoms with van der Waals surface area (Å²) in [5.41, 5.74) is 0.0700. The van der Waals surface area contributed by atoms with E-state index in [1.165, 1.54) is 30.7 Å². The number of aromatic amines is 1. The van der Waals surface area contributed by atoms with E-state index in [9.17, 15) is 13.2 Å². The van der Waals surface area contributed by atoms with Crippen molar-refractivity contribution in [1.29, 1.82) is 0 Å². The number of hydrogen-bond acceptors (Lipinski definition) is 6. The number of nitrogens with one attached hydrogen (secondary N) is 1. The molecule has 1 aliphatic heterocycles. The highest BCUT2D eigenvalue weighted by molar-refractivity contribution is 7.89. The van der Waals surface area contributed by atoms with Gasteiger partial charge in [0.05, 0.1) is 13.7 Å². The lowest BCUT2D eigenvalue weighted by atomic mass is 10.2. The molecule has 8 nitrogen and oxygen atoms in total. The quantitative estimate of drug-likeness (QED) is 0.800. The van der Waals surface area contributed by atoms with Gasteiger partial charge in [0.25, 0.3) is 0 Å². The van der Waals surface area contributed by atoms with E-state index in [0.717, 1.165) is 0 Å². The third-order valence-electron chi connectivity index (χ3n) is 3.80. The minimum atomic E-state index is -3.78. The van der Waals surface area contributed by atoms with E-state index >= 15 is 0 Å². The molecule has 0 fully saturated rings. The fraction of sp³-hybridized carbons (Fsp3) is 0.312. The molecular weight excluding hydrogens is 348 g/mol. The van der Waals surface area contributed by atoms with Crippen LogP contribution in [0.15, 0.2) is 41.4 Å². The summed E-state index contributed by atoms with van der Waals surface area (Å²) >= 11 is 0. The van der Waals surface area contributed by atoms with Gasteiger partial charge in [0.1, 0.15) is 23.3 Å². The SMILES string of the molecule is COC(=O)c1cc(S(=O)(=O)N(C)C[C@@H]2COc3ccccc3O2)c[nH]1. The maximum Gasteiger partial charge on any atom is 0.354 e. The number of hydrogen-bond donors (Lipinski definition) is 1. The molecule has 1 aromatic heterocycles. The monoisotopic (exact) mass is 366 g/mol. The Labute approximate surface area is 145 Å². The molecule has 25 heavy (non-hydrogen) atoms. The van der Waals surface area contributed by atoms with Crippen molar-refractivity contribution in [2.75, 3.05) is 27.3 Å². The number of benzene rings is 1. The number of rotatable bonds is 5. The Hall–Kier alpha value is -2.52. The van der Waals surface area contributed by atoms with Crippen LogP contribution in [-0.2, 0) is 14.8 Å². The van der Waals surface area contributed by atoms with Gasteiger partial charge in [-0.1, -0.05) is 12.1 Å². The summed E-state index contributed by atoms with van der Waals surface area (Å²) in [6.07, 6.45) is 0.819. The molecule has 3 rings (SSSR count). The van der Waals surface area contributed by atoms with Gasteiger partial charge in [0, 0.05) is 13.2 Å². The van der Waals surface area contributed by atoms with E-state index in [1.54, 1.807) is 12.1 Å². The van der Waals surface area contributed by atoms with Crippen molar-refractivity contribution in [3.8, 4) is 11.5 Å². The Morgan fingerprint density at radius 1 is 1.36 bits per heavy atom. The van der Waals surface area contributed by atoms with Crippen LogP contribution in [0.1, 0.15) is 10.5 Å². The lowest BCUT2D eigenvalue weighted by Gasteiger charge is -2.29. The predicted octanol–water partition coefficient (Wildman–Crippen LogP) is 1.26. The second-order valence-electron chi connectivity index (χ2n) is 5.52. The Balaban J connectivity index is 1.71. The topological polar surface area (TPSA) is 97.9 Å². The zero-order valence-corrected chi connectivity index (χ0v) is 14.6. The first-order valence-electron chi connectivity index (χ1n) is 7.53. The molecule has 1 N–H and O–H groups in total. The van der Waals surface area contributed by atoms with Crippen LogP contribution in [0.3, 0.4) is 0 Å². The molecule has 2 heterocycles. The van der Waals surface area contributed by atoms with E-state index in [2.05, 4.69) is 9.72 Å². The Morgan fingerprint density at radius 3 is 2.80 bits per heavy atom. The highest BCUT2D eigenvalue weighted by Crippen LogP contribution is 2.31. The highest BCUT2D eigenvalue weighted by Gasteiger charge is 2.29. The van der Waals surface area contributed by atoms with Crippen molar-refractivity contribution in [1.82, 2.24) is 9.29 Å². The van der Waals surface area contributed by atoms with Gasteiger partial charge in [-0.05, 0) is 18.2 Å². The zero-order chi connectivity index (χ0) is 18.0. The molecule has 0 amide bonds. The second-order valence-corrected chi connectivity index (χ2v) is 7.57. The number of carbonyl (C=O) groups excluding carboxylic acids is 1. The largest absolute Gasteiger partial charge is 0.486 e. The van der Waals surface area contributed by atoms with E-state index in [1.807, 2.05) is 12.1 Å². The second kappa shape index (κ2) is 6.77. The highest BCUT2D eigenvalue weighted by atomic mass is 32.2. The maximum absolute atomic E-state index is 12.6. The van der Waals surface area contributed by atoms with Crippen molar-refractivity contribution in [3.05, 3.63) is 42.2 Å². The molecule has 1 aliphatic rings. The number of ether oxygens (including phenoxy) is 3. The third kappa shape index (κ3) is 3.47. The fourth-order valence-corrected chi connectivity index (χ4v) is 3.67. The molecule has 1 aromatic carbocycles. The van der Waals surface area contributed by atoms with Gasteiger partial charge in [-0.15, -0.1) is 0 Å². The fourth-order valence-electron chi connectivity index (χ4n) is 2.47. The number of nitrogens with zero attached hydrogens (tertiary/aromatic N) is 1. The van der Waals surface area contributed by atoms with E-state index in [4.69, 9.17) is 9.47 Å². The summed E-state index contributed by atoms with van der Waals surface area (Å²) in [4.78, 5) is 14.0. The van der Waals surface area contributed by atoms with E-state index in [0.29, 0.717) is 11.5 Å². The van der Waals surface area contributed by atoms with Gasteiger partial charge in [0.2, 0.25) is 10.0 Å². The summed E-state index contributed by atoms with van der Waals surface area (Å²) in [6.45, 7) is 0.354. The molecule has 0 bridgehead atoms. The number of methoxy groups -OCH3 is 1. The molecule has 0 unspecified atom stereocenters. The summed E-state index contributed by atoms with van der Waals surface area (Å²) in [5, 5.41) is 0. The van der Waals surface area contributed by atoms with Crippen molar-refractivity contribution in [2.24, 2.45) is 0 Å². The number of likely N-dealkylation sites (N-methyl/N-ethyl adjacent to an activating group) is 1. The normalized spacial score (nSPS) is 16.7. The molecule has 0 saturated carbocycles. The Morgan fingerprint density at radius 2 is 2.08 bits per heavy atom. The molecule has 134 valence electrons. The number of sulfonamides is 1. The molecule has 9 heteroatoms. The van der Waals surface area contributed by atoms with Crippen molar-refractivity contribution in [3.63, 3.8) is 0 Å². The number of H-pyrrole nitrogens is 1. The lowest BCUT2D eigenvalue weighted by molar-refractivity contribution is 0.0594. The minimum Gasteiger partial charge on any atom is -0.486 e. The average Bonchev–Trinajstić information content (AvgIpc) is 3.12. The van der Waals surface area contributed by atoms with Crippen LogP contribution in [0.2, 0.25) is 0 Å². The zero-order valence-electron chi connectivity index (χ0n) is 13.8.